The van der Waals surface area contributed by atoms with Crippen molar-refractivity contribution in [2.75, 3.05) is 39.5 Å². The van der Waals surface area contributed by atoms with Gasteiger partial charge in [-0.3, -0.25) is 9.69 Å². The average Bonchev–Trinajstić information content (AvgIpc) is 2.49. The summed E-state index contributed by atoms with van der Waals surface area (Å²) in [6.45, 7) is 4.61. The third kappa shape index (κ3) is 2.88. The summed E-state index contributed by atoms with van der Waals surface area (Å²) in [5, 5.41) is 0. The van der Waals surface area contributed by atoms with Gasteiger partial charge in [-0.1, -0.05) is 0 Å². The number of hydrogen-bond acceptors (Lipinski definition) is 6. The lowest BCUT2D eigenvalue weighted by molar-refractivity contribution is 0.0999. The Hall–Kier alpha value is -1.73. The number of carbonyl (C=O) groups is 1. The Kier molecular flexibility index (Phi) is 4.20. The first kappa shape index (κ1) is 14.7. The van der Waals surface area contributed by atoms with E-state index in [4.69, 9.17) is 11.5 Å². The minimum absolute atomic E-state index is 0.0745. The molecule has 1 amide bonds. The molecule has 1 fully saturated rings. The smallest absolute Gasteiger partial charge is 0.254 e. The van der Waals surface area contributed by atoms with Crippen LogP contribution in [0.1, 0.15) is 34.3 Å². The summed E-state index contributed by atoms with van der Waals surface area (Å²) in [5.41, 5.74) is 11.9. The SMILES string of the molecule is Cc1nc(C2CN(C)CCCN2C)nc(N)c1C(N)=O. The summed E-state index contributed by atoms with van der Waals surface area (Å²) in [6.07, 6.45) is 1.11. The Bertz CT molecular complexity index is 495. The fraction of sp³-hybridized carbons (Fsp3) is 0.615. The van der Waals surface area contributed by atoms with Gasteiger partial charge < -0.3 is 16.4 Å². The van der Waals surface area contributed by atoms with Crippen LogP contribution in [0.4, 0.5) is 5.82 Å². The number of carbonyl (C=O) groups excluding carboxylic acids is 1. The molecule has 0 bridgehead atoms. The highest BCUT2D eigenvalue weighted by Gasteiger charge is 2.26. The van der Waals surface area contributed by atoms with E-state index in [9.17, 15) is 4.79 Å². The van der Waals surface area contributed by atoms with Gasteiger partial charge in [0.15, 0.2) is 0 Å². The number of rotatable bonds is 2. The van der Waals surface area contributed by atoms with Crippen molar-refractivity contribution in [1.29, 1.82) is 0 Å². The van der Waals surface area contributed by atoms with Gasteiger partial charge in [-0.15, -0.1) is 0 Å². The molecule has 1 unspecified atom stereocenters. The summed E-state index contributed by atoms with van der Waals surface area (Å²) in [7, 11) is 4.14. The predicted octanol–water partition coefficient (Wildman–Crippen LogP) is -0.225. The highest BCUT2D eigenvalue weighted by atomic mass is 16.1. The standard InChI is InChI=1S/C13H22N6O/c1-8-10(12(15)20)11(14)17-13(16-8)9-7-18(2)5-4-6-19(9)3/h9H,4-7H2,1-3H3,(H2,15,20)(H2,14,16,17). The van der Waals surface area contributed by atoms with E-state index in [-0.39, 0.29) is 17.4 Å². The largest absolute Gasteiger partial charge is 0.383 e. The van der Waals surface area contributed by atoms with E-state index in [1.165, 1.54) is 0 Å². The number of aryl methyl sites for hydroxylation is 1. The van der Waals surface area contributed by atoms with Gasteiger partial charge in [0, 0.05) is 6.54 Å². The Morgan fingerprint density at radius 1 is 1.30 bits per heavy atom. The zero-order chi connectivity index (χ0) is 14.9. The number of nitrogens with two attached hydrogens (primary N) is 2. The van der Waals surface area contributed by atoms with E-state index < -0.39 is 5.91 Å². The first-order valence-electron chi connectivity index (χ1n) is 6.72. The molecule has 1 saturated heterocycles. The van der Waals surface area contributed by atoms with E-state index in [1.54, 1.807) is 6.92 Å². The maximum atomic E-state index is 11.3. The lowest BCUT2D eigenvalue weighted by Gasteiger charge is -2.26. The Morgan fingerprint density at radius 2 is 2.00 bits per heavy atom. The van der Waals surface area contributed by atoms with Crippen LogP contribution >= 0.6 is 0 Å². The Balaban J connectivity index is 2.39. The molecule has 7 heteroatoms. The van der Waals surface area contributed by atoms with Gasteiger partial charge in [0.2, 0.25) is 0 Å². The zero-order valence-electron chi connectivity index (χ0n) is 12.3. The quantitative estimate of drug-likeness (QED) is 0.775. The van der Waals surface area contributed by atoms with Gasteiger partial charge in [0.25, 0.3) is 5.91 Å². The zero-order valence-corrected chi connectivity index (χ0v) is 12.3. The van der Waals surface area contributed by atoms with Crippen LogP contribution < -0.4 is 11.5 Å². The number of likely N-dealkylation sites (N-methyl/N-ethyl adjacent to an activating group) is 2. The number of primary amides is 1. The topological polar surface area (TPSA) is 101 Å². The molecular formula is C13H22N6O. The summed E-state index contributed by atoms with van der Waals surface area (Å²) < 4.78 is 0. The molecule has 0 radical (unpaired) electrons. The fourth-order valence-corrected chi connectivity index (χ4v) is 2.62. The average molecular weight is 278 g/mol. The second-order valence-corrected chi connectivity index (χ2v) is 5.40. The minimum Gasteiger partial charge on any atom is -0.383 e. The molecule has 1 aliphatic rings. The predicted molar refractivity (Wildman–Crippen MR) is 77.2 cm³/mol. The molecule has 1 aliphatic heterocycles. The van der Waals surface area contributed by atoms with Crippen molar-refractivity contribution >= 4 is 11.7 Å². The molecular weight excluding hydrogens is 256 g/mol. The lowest BCUT2D eigenvalue weighted by Crippen LogP contribution is -2.32. The van der Waals surface area contributed by atoms with Crippen molar-refractivity contribution in [3.8, 4) is 0 Å². The summed E-state index contributed by atoms with van der Waals surface area (Å²) in [5.74, 6) is 0.236. The number of hydrogen-bond donors (Lipinski definition) is 2. The molecule has 0 saturated carbocycles. The molecule has 0 spiro atoms. The summed E-state index contributed by atoms with van der Waals surface area (Å²) in [4.78, 5) is 24.6. The molecule has 1 atom stereocenters. The first-order chi connectivity index (χ1) is 9.40. The molecule has 1 aromatic rings. The number of nitrogens with zero attached hydrogens (tertiary/aromatic N) is 4. The maximum absolute atomic E-state index is 11.3. The highest BCUT2D eigenvalue weighted by Crippen LogP contribution is 2.23. The minimum atomic E-state index is -0.585. The van der Waals surface area contributed by atoms with Crippen LogP contribution in [-0.2, 0) is 0 Å². The van der Waals surface area contributed by atoms with Crippen molar-refractivity contribution in [2.24, 2.45) is 5.73 Å². The molecule has 4 N–H and O–H groups in total. The maximum Gasteiger partial charge on any atom is 0.254 e. The van der Waals surface area contributed by atoms with Crippen LogP contribution in [0.5, 0.6) is 0 Å². The molecule has 2 rings (SSSR count). The van der Waals surface area contributed by atoms with E-state index in [0.29, 0.717) is 11.5 Å². The normalized spacial score (nSPS) is 21.6. The Morgan fingerprint density at radius 3 is 2.60 bits per heavy atom. The van der Waals surface area contributed by atoms with Crippen molar-refractivity contribution in [3.63, 3.8) is 0 Å². The van der Waals surface area contributed by atoms with Crippen molar-refractivity contribution in [1.82, 2.24) is 19.8 Å². The van der Waals surface area contributed by atoms with Crippen LogP contribution in [0.3, 0.4) is 0 Å². The van der Waals surface area contributed by atoms with Gasteiger partial charge in [-0.2, -0.15) is 0 Å². The van der Waals surface area contributed by atoms with Crippen molar-refractivity contribution < 1.29 is 4.79 Å². The lowest BCUT2D eigenvalue weighted by atomic mass is 10.1. The van der Waals surface area contributed by atoms with Crippen molar-refractivity contribution in [3.05, 3.63) is 17.1 Å². The third-order valence-electron chi connectivity index (χ3n) is 3.75. The van der Waals surface area contributed by atoms with Gasteiger partial charge in [-0.25, -0.2) is 9.97 Å². The molecule has 110 valence electrons. The monoisotopic (exact) mass is 278 g/mol. The van der Waals surface area contributed by atoms with Crippen LogP contribution in [0.25, 0.3) is 0 Å². The third-order valence-corrected chi connectivity index (χ3v) is 3.75. The molecule has 2 heterocycles. The van der Waals surface area contributed by atoms with Gasteiger partial charge in [0.05, 0.1) is 11.7 Å². The van der Waals surface area contributed by atoms with E-state index in [2.05, 4.69) is 33.9 Å². The highest BCUT2D eigenvalue weighted by molar-refractivity contribution is 5.98. The number of anilines is 1. The molecule has 0 aliphatic carbocycles. The van der Waals surface area contributed by atoms with E-state index >= 15 is 0 Å². The number of amides is 1. The fourth-order valence-electron chi connectivity index (χ4n) is 2.62. The van der Waals surface area contributed by atoms with Crippen molar-refractivity contribution in [2.45, 2.75) is 19.4 Å². The molecule has 20 heavy (non-hydrogen) atoms. The van der Waals surface area contributed by atoms with E-state index in [1.807, 2.05) is 0 Å². The Labute approximate surface area is 119 Å². The van der Waals surface area contributed by atoms with E-state index in [0.717, 1.165) is 26.1 Å². The second-order valence-electron chi connectivity index (χ2n) is 5.40. The van der Waals surface area contributed by atoms with Crippen LogP contribution in [0, 0.1) is 6.92 Å². The summed E-state index contributed by atoms with van der Waals surface area (Å²) in [6, 6.07) is 0.0745. The first-order valence-corrected chi connectivity index (χ1v) is 6.72. The second kappa shape index (κ2) is 5.72. The summed E-state index contributed by atoms with van der Waals surface area (Å²) >= 11 is 0. The van der Waals surface area contributed by atoms with Gasteiger partial charge in [0.1, 0.15) is 17.2 Å². The molecule has 0 aromatic carbocycles. The van der Waals surface area contributed by atoms with Crippen LogP contribution in [0.15, 0.2) is 0 Å². The van der Waals surface area contributed by atoms with Crippen LogP contribution in [0.2, 0.25) is 0 Å². The molecule has 1 aromatic heterocycles. The van der Waals surface area contributed by atoms with Gasteiger partial charge in [-0.05, 0) is 40.5 Å². The van der Waals surface area contributed by atoms with Gasteiger partial charge >= 0.3 is 0 Å². The number of nitrogen functional groups attached to an aromatic ring is 1. The molecule has 7 nitrogen and oxygen atoms in total. The number of aromatic nitrogens is 2. The van der Waals surface area contributed by atoms with Crippen LogP contribution in [-0.4, -0.2) is 59.4 Å².